The van der Waals surface area contributed by atoms with Crippen molar-refractivity contribution in [3.8, 4) is 11.6 Å². The molecule has 47 heavy (non-hydrogen) atoms. The molecule has 2 fully saturated rings. The topological polar surface area (TPSA) is 185 Å². The first kappa shape index (κ1) is 33.5. The predicted octanol–water partition coefficient (Wildman–Crippen LogP) is 3.75. The summed E-state index contributed by atoms with van der Waals surface area (Å²) in [5.41, 5.74) is 4.60. The van der Waals surface area contributed by atoms with E-state index in [1.165, 1.54) is 24.9 Å². The van der Waals surface area contributed by atoms with Crippen molar-refractivity contribution in [3.63, 3.8) is 0 Å². The Morgan fingerprint density at radius 1 is 1.21 bits per heavy atom. The van der Waals surface area contributed by atoms with Crippen molar-refractivity contribution in [3.05, 3.63) is 48.8 Å². The highest BCUT2D eigenvalue weighted by molar-refractivity contribution is 8.09. The zero-order valence-electron chi connectivity index (χ0n) is 26.3. The van der Waals surface area contributed by atoms with Gasteiger partial charge in [-0.2, -0.15) is 9.97 Å². The number of aliphatic hydroxyl groups excluding tert-OH is 1. The van der Waals surface area contributed by atoms with Crippen LogP contribution in [0.4, 0.5) is 5.95 Å². The number of rotatable bonds is 11. The summed E-state index contributed by atoms with van der Waals surface area (Å²) in [6.45, 7) is -0.741. The number of benzene rings is 2. The minimum atomic E-state index is -3.53. The lowest BCUT2D eigenvalue weighted by molar-refractivity contribution is -0.152. The Morgan fingerprint density at radius 2 is 1.96 bits per heavy atom. The van der Waals surface area contributed by atoms with Gasteiger partial charge >= 0.3 is 12.6 Å². The number of esters is 1. The summed E-state index contributed by atoms with van der Waals surface area (Å²) in [6, 6.07) is 12.3. The molecule has 0 spiro atoms. The Bertz CT molecular complexity index is 1800. The van der Waals surface area contributed by atoms with Gasteiger partial charge in [0.25, 0.3) is 0 Å². The van der Waals surface area contributed by atoms with Crippen LogP contribution in [0, 0.1) is 0 Å². The lowest BCUT2D eigenvalue weighted by Gasteiger charge is -2.29. The maximum absolute atomic E-state index is 13.1. The number of nitrogens with zero attached hydrogens (tertiary/aromatic N) is 4. The van der Waals surface area contributed by atoms with E-state index in [1.54, 1.807) is 13.0 Å². The molecule has 5 N–H and O–H groups in total. The van der Waals surface area contributed by atoms with E-state index in [-0.39, 0.29) is 30.2 Å². The zero-order valence-corrected chi connectivity index (χ0v) is 28.0. The maximum atomic E-state index is 13.1. The van der Waals surface area contributed by atoms with Gasteiger partial charge in [-0.25, -0.2) is 10.1 Å². The molecule has 2 aromatic heterocycles. The van der Waals surface area contributed by atoms with Crippen LogP contribution in [0.15, 0.2) is 48.8 Å². The van der Waals surface area contributed by atoms with Gasteiger partial charge in [0.1, 0.15) is 35.7 Å². The first-order valence-electron chi connectivity index (χ1n) is 15.5. The Kier molecular flexibility index (Phi) is 9.68. The van der Waals surface area contributed by atoms with Crippen LogP contribution in [-0.2, 0) is 30.6 Å². The van der Waals surface area contributed by atoms with Crippen LogP contribution in [-0.4, -0.2) is 79.4 Å². The Labute approximate surface area is 276 Å². The third-order valence-corrected chi connectivity index (χ3v) is 11.0. The second-order valence-electron chi connectivity index (χ2n) is 12.0. The van der Waals surface area contributed by atoms with Gasteiger partial charge in [-0.3, -0.25) is 9.36 Å². The number of hydrogen-bond acceptors (Lipinski definition) is 13. The summed E-state index contributed by atoms with van der Waals surface area (Å²) < 4.78 is 31.3. The van der Waals surface area contributed by atoms with Crippen molar-refractivity contribution in [2.45, 2.75) is 82.1 Å². The second-order valence-corrected chi connectivity index (χ2v) is 15.2. The first-order chi connectivity index (χ1) is 22.5. The van der Waals surface area contributed by atoms with Crippen LogP contribution in [0.1, 0.15) is 52.2 Å². The lowest BCUT2D eigenvalue weighted by Crippen LogP contribution is -2.44. The molecule has 252 valence electrons. The van der Waals surface area contributed by atoms with Crippen molar-refractivity contribution in [1.82, 2.24) is 24.6 Å². The zero-order chi connectivity index (χ0) is 33.3. The summed E-state index contributed by atoms with van der Waals surface area (Å²) in [5, 5.41) is 27.5. The maximum Gasteiger partial charge on any atom is 0.323 e. The van der Waals surface area contributed by atoms with Crippen LogP contribution in [0.5, 0.6) is 11.6 Å². The van der Waals surface area contributed by atoms with E-state index in [4.69, 9.17) is 40.8 Å². The number of ether oxygens (including phenoxy) is 3. The van der Waals surface area contributed by atoms with Gasteiger partial charge < -0.3 is 39.2 Å². The third-order valence-electron chi connectivity index (χ3n) is 8.52. The van der Waals surface area contributed by atoms with E-state index >= 15 is 0 Å². The molecule has 16 heteroatoms. The fourth-order valence-electron chi connectivity index (χ4n) is 6.00. The molecule has 1 unspecified atom stereocenters. The first-order valence-corrected chi connectivity index (χ1v) is 18.1. The molecule has 6 atom stereocenters. The number of nitrogens with one attached hydrogen (secondary N) is 1. The Morgan fingerprint density at radius 3 is 2.72 bits per heavy atom. The standard InChI is InChI=1S/C31H39N6O8PS/c1-18(28(39)43-20-12-5-4-6-13-20)36-46(47,45-22-15-9-11-19-10-7-8-14-21(19)22)42-16-23-25(38)31(2,40)29(44-23)37-17-33-24-26(37)34-30(32)35-27(24)41-3/h7-11,14-15,17-18,20,23,25,29,38,40H,4-6,12-13,16H2,1-3H3,(H,36,47)(H2,32,34,35)/t18-,23+,25+,29+,31+,46?/m0/s1. The highest BCUT2D eigenvalue weighted by atomic mass is 32.5. The number of hydrogen-bond donors (Lipinski definition) is 4. The van der Waals surface area contributed by atoms with Gasteiger partial charge in [0.15, 0.2) is 17.4 Å². The van der Waals surface area contributed by atoms with Gasteiger partial charge in [0, 0.05) is 5.39 Å². The van der Waals surface area contributed by atoms with Gasteiger partial charge in [0.05, 0.1) is 20.0 Å². The van der Waals surface area contributed by atoms with Gasteiger partial charge in [0.2, 0.25) is 11.8 Å². The molecular weight excluding hydrogens is 647 g/mol. The molecule has 1 aliphatic carbocycles. The fraction of sp³-hybridized carbons (Fsp3) is 0.484. The molecule has 3 heterocycles. The Balaban J connectivity index is 1.24. The van der Waals surface area contributed by atoms with Crippen LogP contribution in [0.25, 0.3) is 21.9 Å². The summed E-state index contributed by atoms with van der Waals surface area (Å²) in [7, 11) is 1.43. The highest BCUT2D eigenvalue weighted by Crippen LogP contribution is 2.49. The highest BCUT2D eigenvalue weighted by Gasteiger charge is 2.54. The normalized spacial score (nSPS) is 25.4. The van der Waals surface area contributed by atoms with Crippen LogP contribution in [0.2, 0.25) is 0 Å². The molecule has 2 aliphatic rings. The number of methoxy groups -OCH3 is 1. The van der Waals surface area contributed by atoms with Crippen LogP contribution >= 0.6 is 6.64 Å². The van der Waals surface area contributed by atoms with E-state index in [1.807, 2.05) is 36.4 Å². The number of nitrogens with two attached hydrogens (primary N) is 1. The molecule has 0 amide bonds. The second kappa shape index (κ2) is 13.6. The van der Waals surface area contributed by atoms with Gasteiger partial charge in [-0.15, -0.1) is 0 Å². The third kappa shape index (κ3) is 6.93. The molecule has 0 radical (unpaired) electrons. The molecule has 6 rings (SSSR count). The van der Waals surface area contributed by atoms with E-state index in [0.717, 1.165) is 42.9 Å². The SMILES string of the molecule is COc1nc(N)nc2c1ncn2[C@@H]1O[C@H](COP(=S)(N[C@@H](C)C(=O)OC2CCCCC2)Oc2cccc3ccccc23)[C@@H](O)[C@@]1(C)O. The van der Waals surface area contributed by atoms with Crippen molar-refractivity contribution in [2.24, 2.45) is 0 Å². The van der Waals surface area contributed by atoms with E-state index in [9.17, 15) is 15.0 Å². The quantitative estimate of drug-likeness (QED) is 0.132. The molecule has 0 bridgehead atoms. The molecule has 1 saturated heterocycles. The molecule has 14 nitrogen and oxygen atoms in total. The number of carbonyl (C=O) groups is 1. The average Bonchev–Trinajstić information content (AvgIpc) is 3.57. The van der Waals surface area contributed by atoms with Crippen LogP contribution < -0.4 is 20.1 Å². The van der Waals surface area contributed by atoms with Crippen molar-refractivity contribution in [2.75, 3.05) is 19.5 Å². The minimum Gasteiger partial charge on any atom is -0.479 e. The number of anilines is 1. The number of carbonyl (C=O) groups excluding carboxylic acids is 1. The Hall–Kier alpha value is -3.43. The monoisotopic (exact) mass is 686 g/mol. The number of nitrogen functional groups attached to an aromatic ring is 1. The van der Waals surface area contributed by atoms with Crippen LogP contribution in [0.3, 0.4) is 0 Å². The van der Waals surface area contributed by atoms with Crippen molar-refractivity contribution >= 4 is 52.3 Å². The summed E-state index contributed by atoms with van der Waals surface area (Å²) in [6.07, 6.45) is 2.42. The number of aromatic nitrogens is 4. The summed E-state index contributed by atoms with van der Waals surface area (Å²) in [5.74, 6) is 0.0844. The van der Waals surface area contributed by atoms with Crippen molar-refractivity contribution < 1.29 is 38.3 Å². The van der Waals surface area contributed by atoms with Gasteiger partial charge in [-0.05, 0) is 62.8 Å². The largest absolute Gasteiger partial charge is 0.479 e. The minimum absolute atomic E-state index is 0.0670. The lowest BCUT2D eigenvalue weighted by atomic mass is 9.96. The number of imidazole rings is 1. The smallest absolute Gasteiger partial charge is 0.323 e. The molecule has 1 aliphatic heterocycles. The fourth-order valence-corrected chi connectivity index (χ4v) is 8.42. The van der Waals surface area contributed by atoms with E-state index < -0.39 is 42.7 Å². The van der Waals surface area contributed by atoms with E-state index in [0.29, 0.717) is 11.3 Å². The molecule has 2 aromatic carbocycles. The number of fused-ring (bicyclic) bond motifs is 2. The molecular formula is C31H39N6O8PS. The van der Waals surface area contributed by atoms with E-state index in [2.05, 4.69) is 20.0 Å². The molecule has 4 aromatic rings. The summed E-state index contributed by atoms with van der Waals surface area (Å²) in [4.78, 5) is 25.7. The predicted molar refractivity (Wildman–Crippen MR) is 177 cm³/mol. The summed E-state index contributed by atoms with van der Waals surface area (Å²) >= 11 is 5.98. The average molecular weight is 687 g/mol. The number of aliphatic hydroxyl groups is 2. The van der Waals surface area contributed by atoms with Crippen molar-refractivity contribution in [1.29, 1.82) is 0 Å². The molecule has 1 saturated carbocycles. The van der Waals surface area contributed by atoms with Gasteiger partial charge in [-0.1, -0.05) is 42.8 Å².